The van der Waals surface area contributed by atoms with E-state index in [1.807, 2.05) is 18.5 Å². The lowest BCUT2D eigenvalue weighted by molar-refractivity contribution is 0.657. The second-order valence-electron chi connectivity index (χ2n) is 5.23. The van der Waals surface area contributed by atoms with Crippen molar-refractivity contribution in [2.75, 3.05) is 0 Å². The van der Waals surface area contributed by atoms with E-state index in [1.54, 1.807) is 6.33 Å². The molecule has 0 saturated carbocycles. The average Bonchev–Trinajstić information content (AvgIpc) is 2.95. The highest BCUT2D eigenvalue weighted by atomic mass is 15.1. The third kappa shape index (κ3) is 1.34. The molecule has 0 saturated heterocycles. The second kappa shape index (κ2) is 3.82. The van der Waals surface area contributed by atoms with Gasteiger partial charge in [-0.15, -0.1) is 0 Å². The molecule has 0 fully saturated rings. The van der Waals surface area contributed by atoms with Crippen molar-refractivity contribution in [3.05, 3.63) is 71.4 Å². The number of hydrogen-bond acceptors (Lipinski definition) is 3. The first-order valence-corrected chi connectivity index (χ1v) is 6.92. The Morgan fingerprint density at radius 2 is 1.95 bits per heavy atom. The maximum atomic E-state index is 4.61. The fourth-order valence-corrected chi connectivity index (χ4v) is 3.28. The summed E-state index contributed by atoms with van der Waals surface area (Å²) in [4.78, 5) is 13.3. The number of rotatable bonds is 0. The van der Waals surface area contributed by atoms with Crippen LogP contribution >= 0.6 is 0 Å². The fourth-order valence-electron chi connectivity index (χ4n) is 3.28. The molecule has 2 aromatic heterocycles. The third-order valence-corrected chi connectivity index (χ3v) is 4.14. The molecule has 1 aromatic carbocycles. The van der Waals surface area contributed by atoms with E-state index in [9.17, 15) is 0 Å². The first kappa shape index (κ1) is 10.9. The highest BCUT2D eigenvalue weighted by Crippen LogP contribution is 2.40. The summed E-state index contributed by atoms with van der Waals surface area (Å²) in [5.41, 5.74) is 4.15. The van der Waals surface area contributed by atoms with Gasteiger partial charge in [-0.1, -0.05) is 12.1 Å². The van der Waals surface area contributed by atoms with Crippen LogP contribution in [-0.2, 0) is 0 Å². The molecule has 2 aliphatic heterocycles. The minimum atomic E-state index is 0.122. The number of aromatic nitrogens is 3. The molecule has 21 heavy (non-hydrogen) atoms. The van der Waals surface area contributed by atoms with Crippen LogP contribution in [0.15, 0.2) is 55.1 Å². The van der Waals surface area contributed by atoms with Crippen LogP contribution in [-0.4, -0.2) is 15.0 Å². The Morgan fingerprint density at radius 3 is 2.95 bits per heavy atom. The normalized spacial score (nSPS) is 17.3. The van der Waals surface area contributed by atoms with E-state index in [-0.39, 0.29) is 6.04 Å². The van der Waals surface area contributed by atoms with Crippen LogP contribution in [0, 0.1) is 0 Å². The standard InChI is InChI=1S/C17H11N4/c1-2-6-13-11(4-1)8-14-16-12(5-3-7-19-16)17-15(21(13)14)9-18-10-20-17/h1-10,14H/q+1. The van der Waals surface area contributed by atoms with Gasteiger partial charge in [-0.25, -0.2) is 9.97 Å². The van der Waals surface area contributed by atoms with Crippen LogP contribution in [0.4, 0.5) is 5.69 Å². The monoisotopic (exact) mass is 271 g/mol. The van der Waals surface area contributed by atoms with Crippen molar-refractivity contribution in [1.29, 1.82) is 0 Å². The molecule has 5 rings (SSSR count). The Labute approximate surface area is 120 Å². The van der Waals surface area contributed by atoms with Crippen molar-refractivity contribution in [2.45, 2.75) is 6.04 Å². The first-order chi connectivity index (χ1) is 10.4. The highest BCUT2D eigenvalue weighted by molar-refractivity contribution is 5.78. The zero-order chi connectivity index (χ0) is 13.8. The summed E-state index contributed by atoms with van der Waals surface area (Å²) in [6, 6.07) is 12.6. The number of benzene rings is 1. The Kier molecular flexibility index (Phi) is 1.98. The first-order valence-electron chi connectivity index (χ1n) is 6.92. The molecule has 4 heteroatoms. The van der Waals surface area contributed by atoms with Gasteiger partial charge >= 0.3 is 0 Å². The molecule has 4 nitrogen and oxygen atoms in total. The van der Waals surface area contributed by atoms with Crippen LogP contribution in [0.3, 0.4) is 0 Å². The van der Waals surface area contributed by atoms with Gasteiger partial charge in [-0.05, 0) is 18.2 Å². The van der Waals surface area contributed by atoms with E-state index in [2.05, 4.69) is 55.9 Å². The molecule has 4 heterocycles. The van der Waals surface area contributed by atoms with Gasteiger partial charge in [0.15, 0.2) is 0 Å². The maximum absolute atomic E-state index is 4.61. The van der Waals surface area contributed by atoms with Crippen molar-refractivity contribution in [2.24, 2.45) is 0 Å². The second-order valence-corrected chi connectivity index (χ2v) is 5.23. The summed E-state index contributed by atoms with van der Waals surface area (Å²) < 4.78 is 2.28. The molecular weight excluding hydrogens is 260 g/mol. The third-order valence-electron chi connectivity index (χ3n) is 4.14. The number of para-hydroxylation sites is 1. The molecule has 0 spiro atoms. The van der Waals surface area contributed by atoms with Crippen molar-refractivity contribution in [1.82, 2.24) is 19.5 Å². The van der Waals surface area contributed by atoms with Gasteiger partial charge in [0.2, 0.25) is 11.4 Å². The number of hydrogen-bond donors (Lipinski definition) is 0. The smallest absolute Gasteiger partial charge is 0.251 e. The minimum absolute atomic E-state index is 0.122. The van der Waals surface area contributed by atoms with Crippen molar-refractivity contribution in [3.63, 3.8) is 0 Å². The SMILES string of the molecule is C1=c2ccccc2=[N+]2c3cncnc3-c3cccnc3C12. The molecule has 0 bridgehead atoms. The molecule has 98 valence electrons. The van der Waals surface area contributed by atoms with Gasteiger partial charge < -0.3 is 0 Å². The number of nitrogens with zero attached hydrogens (tertiary/aromatic N) is 4. The van der Waals surface area contributed by atoms with E-state index in [0.29, 0.717) is 0 Å². The van der Waals surface area contributed by atoms with Gasteiger partial charge in [-0.2, -0.15) is 4.58 Å². The van der Waals surface area contributed by atoms with Crippen LogP contribution < -0.4 is 15.2 Å². The number of pyridine rings is 1. The predicted octanol–water partition coefficient (Wildman–Crippen LogP) is 1.21. The molecule has 0 N–H and O–H groups in total. The predicted molar refractivity (Wildman–Crippen MR) is 79.1 cm³/mol. The minimum Gasteiger partial charge on any atom is -0.253 e. The molecular formula is C17H11N4+. The lowest BCUT2D eigenvalue weighted by Gasteiger charge is -2.19. The molecule has 1 atom stereocenters. The van der Waals surface area contributed by atoms with E-state index < -0.39 is 0 Å². The Bertz CT molecular complexity index is 1010. The van der Waals surface area contributed by atoms with Crippen LogP contribution in [0.2, 0.25) is 0 Å². The Balaban J connectivity index is 2.01. The van der Waals surface area contributed by atoms with Crippen LogP contribution in [0.1, 0.15) is 11.7 Å². The molecule has 0 aliphatic carbocycles. The Morgan fingerprint density at radius 1 is 1.00 bits per heavy atom. The van der Waals surface area contributed by atoms with E-state index in [0.717, 1.165) is 22.6 Å². The van der Waals surface area contributed by atoms with E-state index >= 15 is 0 Å². The summed E-state index contributed by atoms with van der Waals surface area (Å²) in [6.07, 6.45) is 7.60. The lowest BCUT2D eigenvalue weighted by Crippen LogP contribution is -2.33. The topological polar surface area (TPSA) is 41.7 Å². The van der Waals surface area contributed by atoms with Gasteiger partial charge in [0.25, 0.3) is 5.69 Å². The quantitative estimate of drug-likeness (QED) is 0.577. The van der Waals surface area contributed by atoms with Gasteiger partial charge in [-0.3, -0.25) is 4.98 Å². The summed E-state index contributed by atoms with van der Waals surface area (Å²) in [5.74, 6) is 0. The van der Waals surface area contributed by atoms with E-state index in [4.69, 9.17) is 0 Å². The molecule has 2 aliphatic rings. The number of fused-ring (bicyclic) bond motifs is 7. The largest absolute Gasteiger partial charge is 0.253 e. The summed E-state index contributed by atoms with van der Waals surface area (Å²) in [5, 5.41) is 2.42. The van der Waals surface area contributed by atoms with Crippen molar-refractivity contribution >= 4 is 11.8 Å². The van der Waals surface area contributed by atoms with Crippen molar-refractivity contribution in [3.8, 4) is 11.3 Å². The molecule has 3 aromatic rings. The van der Waals surface area contributed by atoms with Gasteiger partial charge in [0.1, 0.15) is 23.9 Å². The van der Waals surface area contributed by atoms with Crippen LogP contribution in [0.25, 0.3) is 17.3 Å². The highest BCUT2D eigenvalue weighted by Gasteiger charge is 2.39. The summed E-state index contributed by atoms with van der Waals surface area (Å²) in [6.45, 7) is 0. The van der Waals surface area contributed by atoms with Gasteiger partial charge in [0, 0.05) is 29.1 Å². The average molecular weight is 271 g/mol. The van der Waals surface area contributed by atoms with E-state index in [1.165, 1.54) is 10.6 Å². The molecule has 1 unspecified atom stereocenters. The summed E-state index contributed by atoms with van der Waals surface area (Å²) >= 11 is 0. The maximum Gasteiger partial charge on any atom is 0.251 e. The van der Waals surface area contributed by atoms with Gasteiger partial charge in [0.05, 0.1) is 0 Å². The summed E-state index contributed by atoms with van der Waals surface area (Å²) in [7, 11) is 0. The molecule has 0 radical (unpaired) electrons. The molecule has 0 amide bonds. The van der Waals surface area contributed by atoms with Crippen molar-refractivity contribution < 1.29 is 0 Å². The Hall–Kier alpha value is -2.88. The zero-order valence-electron chi connectivity index (χ0n) is 11.1. The fraction of sp³-hybridized carbons (Fsp3) is 0.0588. The van der Waals surface area contributed by atoms with Crippen LogP contribution in [0.5, 0.6) is 0 Å². The lowest BCUT2D eigenvalue weighted by atomic mass is 9.98. The zero-order valence-corrected chi connectivity index (χ0v) is 11.1.